The number of thiocarbonyl (C=S) groups is 1. The first-order chi connectivity index (χ1) is 5.62. The van der Waals surface area contributed by atoms with E-state index in [9.17, 15) is 0 Å². The van der Waals surface area contributed by atoms with Crippen LogP contribution in [0.1, 0.15) is 39.0 Å². The number of nitrogens with two attached hydrogens (primary N) is 1. The first kappa shape index (κ1) is 9.78. The summed E-state index contributed by atoms with van der Waals surface area (Å²) >= 11 is 4.78. The van der Waals surface area contributed by atoms with Gasteiger partial charge in [-0.15, -0.1) is 0 Å². The minimum atomic E-state index is 0.432. The van der Waals surface area contributed by atoms with E-state index in [1.807, 2.05) is 0 Å². The normalized spacial score (nSPS) is 21.8. The van der Waals surface area contributed by atoms with Crippen molar-refractivity contribution in [2.45, 2.75) is 39.0 Å². The summed E-state index contributed by atoms with van der Waals surface area (Å²) in [4.78, 5) is 0. The highest BCUT2D eigenvalue weighted by molar-refractivity contribution is 7.80. The van der Waals surface area contributed by atoms with E-state index >= 15 is 0 Å². The highest BCUT2D eigenvalue weighted by Crippen LogP contribution is 2.34. The Bertz CT molecular complexity index is 162. The van der Waals surface area contributed by atoms with Crippen molar-refractivity contribution in [3.05, 3.63) is 0 Å². The van der Waals surface area contributed by atoms with Crippen LogP contribution >= 0.6 is 12.2 Å². The smallest absolute Gasteiger partial charge is 0.163 e. The molecule has 1 aliphatic rings. The first-order valence-corrected chi connectivity index (χ1v) is 5.07. The molecule has 0 spiro atoms. The lowest BCUT2D eigenvalue weighted by Crippen LogP contribution is -2.39. The van der Waals surface area contributed by atoms with Gasteiger partial charge in [0.25, 0.3) is 0 Å². The van der Waals surface area contributed by atoms with Crippen molar-refractivity contribution in [3.63, 3.8) is 0 Å². The second-order valence-electron chi connectivity index (χ2n) is 4.09. The zero-order valence-corrected chi connectivity index (χ0v) is 8.54. The van der Waals surface area contributed by atoms with Crippen LogP contribution in [0.4, 0.5) is 0 Å². The average molecular weight is 186 g/mol. The Morgan fingerprint density at radius 1 is 1.42 bits per heavy atom. The summed E-state index contributed by atoms with van der Waals surface area (Å²) in [7, 11) is 0. The van der Waals surface area contributed by atoms with Gasteiger partial charge in [0, 0.05) is 6.54 Å². The van der Waals surface area contributed by atoms with Crippen LogP contribution in [0.15, 0.2) is 0 Å². The zero-order chi connectivity index (χ0) is 9.03. The second-order valence-corrected chi connectivity index (χ2v) is 4.53. The van der Waals surface area contributed by atoms with Crippen molar-refractivity contribution < 1.29 is 0 Å². The average Bonchev–Trinajstić information content (AvgIpc) is 2.03. The van der Waals surface area contributed by atoms with Crippen molar-refractivity contribution in [1.82, 2.24) is 5.32 Å². The van der Waals surface area contributed by atoms with Crippen LogP contribution in [0.25, 0.3) is 0 Å². The Morgan fingerprint density at radius 2 is 2.00 bits per heavy atom. The van der Waals surface area contributed by atoms with Crippen LogP contribution in [0, 0.1) is 5.41 Å². The standard InChI is InChI=1S/C9H18N2S/c1-9(7-11-8(10)12)5-3-2-4-6-9/h2-7H2,1H3,(H3,10,11,12). The van der Waals surface area contributed by atoms with Crippen LogP contribution in [0.3, 0.4) is 0 Å². The number of hydrogen-bond donors (Lipinski definition) is 2. The molecule has 0 aromatic heterocycles. The van der Waals surface area contributed by atoms with Crippen molar-refractivity contribution in [2.24, 2.45) is 11.1 Å². The molecule has 2 nitrogen and oxygen atoms in total. The van der Waals surface area contributed by atoms with Gasteiger partial charge in [-0.3, -0.25) is 0 Å². The molecule has 0 aromatic rings. The summed E-state index contributed by atoms with van der Waals surface area (Å²) in [6, 6.07) is 0. The molecule has 0 heterocycles. The van der Waals surface area contributed by atoms with Crippen LogP contribution in [0.5, 0.6) is 0 Å². The van der Waals surface area contributed by atoms with Crippen molar-refractivity contribution >= 4 is 17.3 Å². The Hall–Kier alpha value is -0.310. The lowest BCUT2D eigenvalue weighted by atomic mass is 9.76. The predicted molar refractivity (Wildman–Crippen MR) is 56.0 cm³/mol. The molecule has 70 valence electrons. The summed E-state index contributed by atoms with van der Waals surface area (Å²) in [6.45, 7) is 3.26. The zero-order valence-electron chi connectivity index (χ0n) is 7.73. The maximum absolute atomic E-state index is 5.39. The molecule has 3 heteroatoms. The van der Waals surface area contributed by atoms with Crippen LogP contribution < -0.4 is 11.1 Å². The van der Waals surface area contributed by atoms with E-state index in [0.29, 0.717) is 10.5 Å². The van der Waals surface area contributed by atoms with E-state index in [-0.39, 0.29) is 0 Å². The lowest BCUT2D eigenvalue weighted by molar-refractivity contribution is 0.218. The summed E-state index contributed by atoms with van der Waals surface area (Å²) in [5.74, 6) is 0. The molecule has 0 atom stereocenters. The van der Waals surface area contributed by atoms with Crippen LogP contribution in [-0.2, 0) is 0 Å². The van der Waals surface area contributed by atoms with Gasteiger partial charge in [-0.25, -0.2) is 0 Å². The van der Waals surface area contributed by atoms with E-state index in [1.165, 1.54) is 32.1 Å². The number of nitrogens with one attached hydrogen (secondary N) is 1. The second kappa shape index (κ2) is 4.08. The molecule has 12 heavy (non-hydrogen) atoms. The molecule has 1 rings (SSSR count). The molecular formula is C9H18N2S. The van der Waals surface area contributed by atoms with Gasteiger partial charge < -0.3 is 11.1 Å². The van der Waals surface area contributed by atoms with Crippen LogP contribution in [-0.4, -0.2) is 11.7 Å². The third-order valence-electron chi connectivity index (χ3n) is 2.75. The van der Waals surface area contributed by atoms with Gasteiger partial charge in [-0.05, 0) is 30.5 Å². The fourth-order valence-electron chi connectivity index (χ4n) is 1.88. The van der Waals surface area contributed by atoms with Gasteiger partial charge in [-0.2, -0.15) is 0 Å². The van der Waals surface area contributed by atoms with E-state index in [1.54, 1.807) is 0 Å². The Balaban J connectivity index is 2.31. The molecule has 0 amide bonds. The fraction of sp³-hybridized carbons (Fsp3) is 0.889. The van der Waals surface area contributed by atoms with Crippen molar-refractivity contribution in [1.29, 1.82) is 0 Å². The molecule has 0 aromatic carbocycles. The molecule has 1 fully saturated rings. The molecule has 0 aliphatic heterocycles. The monoisotopic (exact) mass is 186 g/mol. The molecule has 0 radical (unpaired) electrons. The summed E-state index contributed by atoms with van der Waals surface area (Å²) in [5, 5.41) is 3.50. The quantitative estimate of drug-likeness (QED) is 0.646. The van der Waals surface area contributed by atoms with Crippen molar-refractivity contribution in [3.8, 4) is 0 Å². The van der Waals surface area contributed by atoms with Gasteiger partial charge >= 0.3 is 0 Å². The molecule has 0 bridgehead atoms. The minimum absolute atomic E-state index is 0.432. The largest absolute Gasteiger partial charge is 0.376 e. The van der Waals surface area contributed by atoms with Gasteiger partial charge in [-0.1, -0.05) is 26.2 Å². The summed E-state index contributed by atoms with van der Waals surface area (Å²) in [6.07, 6.45) is 6.72. The number of hydrogen-bond acceptors (Lipinski definition) is 1. The molecule has 0 saturated heterocycles. The van der Waals surface area contributed by atoms with E-state index in [0.717, 1.165) is 6.54 Å². The third-order valence-corrected chi connectivity index (χ3v) is 2.89. The van der Waals surface area contributed by atoms with Crippen molar-refractivity contribution in [2.75, 3.05) is 6.54 Å². The van der Waals surface area contributed by atoms with Gasteiger partial charge in [0.05, 0.1) is 0 Å². The maximum atomic E-state index is 5.39. The SMILES string of the molecule is CC1(CNC(N)=S)CCCCC1. The van der Waals surface area contributed by atoms with E-state index in [4.69, 9.17) is 18.0 Å². The highest BCUT2D eigenvalue weighted by Gasteiger charge is 2.26. The lowest BCUT2D eigenvalue weighted by Gasteiger charge is -2.33. The molecule has 3 N–H and O–H groups in total. The first-order valence-electron chi connectivity index (χ1n) is 4.66. The summed E-state index contributed by atoms with van der Waals surface area (Å²) < 4.78 is 0. The third kappa shape index (κ3) is 2.97. The predicted octanol–water partition coefficient (Wildman–Crippen LogP) is 1.79. The Morgan fingerprint density at radius 3 is 2.50 bits per heavy atom. The maximum Gasteiger partial charge on any atom is 0.163 e. The van der Waals surface area contributed by atoms with Gasteiger partial charge in [0.2, 0.25) is 0 Å². The Labute approximate surface area is 79.9 Å². The van der Waals surface area contributed by atoms with E-state index < -0.39 is 0 Å². The van der Waals surface area contributed by atoms with Gasteiger partial charge in [0.1, 0.15) is 0 Å². The molecule has 1 aliphatic carbocycles. The van der Waals surface area contributed by atoms with Gasteiger partial charge in [0.15, 0.2) is 5.11 Å². The summed E-state index contributed by atoms with van der Waals surface area (Å²) in [5.41, 5.74) is 5.82. The molecule has 0 unspecified atom stereocenters. The van der Waals surface area contributed by atoms with E-state index in [2.05, 4.69) is 12.2 Å². The Kier molecular flexibility index (Phi) is 3.32. The minimum Gasteiger partial charge on any atom is -0.376 e. The highest BCUT2D eigenvalue weighted by atomic mass is 32.1. The molecule has 1 saturated carbocycles. The molecular weight excluding hydrogens is 168 g/mol. The van der Waals surface area contributed by atoms with Crippen LogP contribution in [0.2, 0.25) is 0 Å². The fourth-order valence-corrected chi connectivity index (χ4v) is 1.95. The topological polar surface area (TPSA) is 38.0 Å². The number of rotatable bonds is 2.